The Balaban J connectivity index is 2.63. The second kappa shape index (κ2) is 4.16. The van der Waals surface area contributed by atoms with Gasteiger partial charge in [0.15, 0.2) is 0 Å². The molecule has 0 amide bonds. The van der Waals surface area contributed by atoms with Gasteiger partial charge in [-0.25, -0.2) is 4.98 Å². The van der Waals surface area contributed by atoms with Crippen LogP contribution in [0.25, 0.3) is 0 Å². The number of nitrogens with one attached hydrogen (secondary N) is 1. The Morgan fingerprint density at radius 2 is 1.85 bits per heavy atom. The fourth-order valence-corrected chi connectivity index (χ4v) is 0.827. The molecule has 0 spiro atoms. The summed E-state index contributed by atoms with van der Waals surface area (Å²) in [5.41, 5.74) is 1.82. The largest absolute Gasteiger partial charge is 0.353 e. The lowest BCUT2D eigenvalue weighted by Crippen LogP contribution is -2.12. The van der Waals surface area contributed by atoms with Gasteiger partial charge in [0, 0.05) is 6.54 Å². The highest BCUT2D eigenvalue weighted by atomic mass is 15.2. The summed E-state index contributed by atoms with van der Waals surface area (Å²) in [5, 5.41) is 11.0. The van der Waals surface area contributed by atoms with Gasteiger partial charge >= 0.3 is 0 Å². The summed E-state index contributed by atoms with van der Waals surface area (Å²) in [6.45, 7) is 9.00. The first kappa shape index (κ1) is 9.89. The van der Waals surface area contributed by atoms with Crippen molar-refractivity contribution in [3.05, 3.63) is 11.4 Å². The molecule has 0 saturated carbocycles. The standard InChI is InChI=1S/C9H16N4/c1-6(2)5-10-9-11-7(3)8(4)12-13-9/h6H,5H2,1-4H3,(H,10,11,13). The number of aromatic nitrogens is 3. The molecule has 4 heteroatoms. The van der Waals surface area contributed by atoms with Crippen LogP contribution >= 0.6 is 0 Å². The second-order valence-corrected chi connectivity index (χ2v) is 3.58. The monoisotopic (exact) mass is 180 g/mol. The first-order valence-corrected chi connectivity index (χ1v) is 4.51. The van der Waals surface area contributed by atoms with Crippen molar-refractivity contribution in [2.45, 2.75) is 27.7 Å². The SMILES string of the molecule is Cc1nnc(NCC(C)C)nc1C. The maximum atomic E-state index is 4.26. The normalized spacial score (nSPS) is 10.5. The van der Waals surface area contributed by atoms with E-state index in [9.17, 15) is 0 Å². The highest BCUT2D eigenvalue weighted by molar-refractivity contribution is 5.24. The van der Waals surface area contributed by atoms with Gasteiger partial charge in [-0.3, -0.25) is 0 Å². The molecule has 0 aromatic carbocycles. The van der Waals surface area contributed by atoms with Gasteiger partial charge in [0.1, 0.15) is 0 Å². The average Bonchev–Trinajstić information content (AvgIpc) is 2.07. The molecule has 0 radical (unpaired) electrons. The van der Waals surface area contributed by atoms with Crippen LogP contribution in [0.2, 0.25) is 0 Å². The van der Waals surface area contributed by atoms with Crippen molar-refractivity contribution >= 4 is 5.95 Å². The van der Waals surface area contributed by atoms with Crippen LogP contribution < -0.4 is 5.32 Å². The summed E-state index contributed by atoms with van der Waals surface area (Å²) in [6.07, 6.45) is 0. The third-order valence-electron chi connectivity index (χ3n) is 1.76. The lowest BCUT2D eigenvalue weighted by Gasteiger charge is -2.07. The van der Waals surface area contributed by atoms with E-state index in [1.54, 1.807) is 0 Å². The van der Waals surface area contributed by atoms with Crippen molar-refractivity contribution in [2.75, 3.05) is 11.9 Å². The Bertz CT molecular complexity index is 283. The van der Waals surface area contributed by atoms with E-state index in [4.69, 9.17) is 0 Å². The van der Waals surface area contributed by atoms with Gasteiger partial charge in [0.05, 0.1) is 11.4 Å². The van der Waals surface area contributed by atoms with E-state index in [0.29, 0.717) is 11.9 Å². The van der Waals surface area contributed by atoms with Crippen molar-refractivity contribution in [2.24, 2.45) is 5.92 Å². The smallest absolute Gasteiger partial charge is 0.242 e. The molecule has 0 atom stereocenters. The highest BCUT2D eigenvalue weighted by Gasteiger charge is 2.00. The van der Waals surface area contributed by atoms with Crippen molar-refractivity contribution in [1.29, 1.82) is 0 Å². The zero-order valence-electron chi connectivity index (χ0n) is 8.63. The molecule has 0 fully saturated rings. The van der Waals surface area contributed by atoms with Crippen molar-refractivity contribution in [3.63, 3.8) is 0 Å². The zero-order chi connectivity index (χ0) is 9.84. The molecule has 0 bridgehead atoms. The number of hydrogen-bond donors (Lipinski definition) is 1. The quantitative estimate of drug-likeness (QED) is 0.766. The minimum atomic E-state index is 0.588. The Hall–Kier alpha value is -1.19. The Kier molecular flexibility index (Phi) is 3.17. The van der Waals surface area contributed by atoms with Gasteiger partial charge in [0.25, 0.3) is 0 Å². The number of hydrogen-bond acceptors (Lipinski definition) is 4. The third kappa shape index (κ3) is 2.97. The zero-order valence-corrected chi connectivity index (χ0v) is 8.63. The minimum Gasteiger partial charge on any atom is -0.353 e. The lowest BCUT2D eigenvalue weighted by atomic mass is 10.2. The highest BCUT2D eigenvalue weighted by Crippen LogP contribution is 2.02. The van der Waals surface area contributed by atoms with Gasteiger partial charge < -0.3 is 5.32 Å². The second-order valence-electron chi connectivity index (χ2n) is 3.58. The predicted molar refractivity (Wildman–Crippen MR) is 52.6 cm³/mol. The Morgan fingerprint density at radius 1 is 1.15 bits per heavy atom. The third-order valence-corrected chi connectivity index (χ3v) is 1.76. The Morgan fingerprint density at radius 3 is 2.38 bits per heavy atom. The first-order valence-electron chi connectivity index (χ1n) is 4.51. The van der Waals surface area contributed by atoms with Crippen molar-refractivity contribution in [1.82, 2.24) is 15.2 Å². The summed E-state index contributed by atoms with van der Waals surface area (Å²) < 4.78 is 0. The maximum absolute atomic E-state index is 4.26. The van der Waals surface area contributed by atoms with Gasteiger partial charge in [-0.05, 0) is 19.8 Å². The van der Waals surface area contributed by atoms with Crippen molar-refractivity contribution in [3.8, 4) is 0 Å². The Labute approximate surface area is 78.8 Å². The predicted octanol–water partition coefficient (Wildman–Crippen LogP) is 1.56. The summed E-state index contributed by atoms with van der Waals surface area (Å²) in [4.78, 5) is 4.26. The number of anilines is 1. The van der Waals surface area contributed by atoms with Gasteiger partial charge in [0.2, 0.25) is 5.95 Å². The maximum Gasteiger partial charge on any atom is 0.242 e. The van der Waals surface area contributed by atoms with Crippen LogP contribution in [0.4, 0.5) is 5.95 Å². The molecule has 0 aliphatic heterocycles. The molecule has 0 aliphatic carbocycles. The van der Waals surface area contributed by atoms with E-state index >= 15 is 0 Å². The molecule has 1 aromatic heterocycles. The number of nitrogens with zero attached hydrogens (tertiary/aromatic N) is 3. The van der Waals surface area contributed by atoms with Crippen LogP contribution in [0.15, 0.2) is 0 Å². The van der Waals surface area contributed by atoms with Crippen LogP contribution in [0.5, 0.6) is 0 Å². The molecular formula is C9H16N4. The molecule has 4 nitrogen and oxygen atoms in total. The van der Waals surface area contributed by atoms with Crippen LogP contribution in [0, 0.1) is 19.8 Å². The van der Waals surface area contributed by atoms with Gasteiger partial charge in [-0.1, -0.05) is 13.8 Å². The van der Waals surface area contributed by atoms with Gasteiger partial charge in [-0.2, -0.15) is 5.10 Å². The minimum absolute atomic E-state index is 0.588. The fourth-order valence-electron chi connectivity index (χ4n) is 0.827. The van der Waals surface area contributed by atoms with E-state index in [1.165, 1.54) is 0 Å². The lowest BCUT2D eigenvalue weighted by molar-refractivity contribution is 0.681. The summed E-state index contributed by atoms with van der Waals surface area (Å²) >= 11 is 0. The molecule has 1 heterocycles. The van der Waals surface area contributed by atoms with Crippen molar-refractivity contribution < 1.29 is 0 Å². The van der Waals surface area contributed by atoms with Crippen LogP contribution in [0.1, 0.15) is 25.2 Å². The number of aryl methyl sites for hydroxylation is 2. The molecule has 0 saturated heterocycles. The van der Waals surface area contributed by atoms with Crippen LogP contribution in [-0.2, 0) is 0 Å². The molecular weight excluding hydrogens is 164 g/mol. The van der Waals surface area contributed by atoms with E-state index in [2.05, 4.69) is 34.3 Å². The van der Waals surface area contributed by atoms with Crippen LogP contribution in [-0.4, -0.2) is 21.7 Å². The molecule has 72 valence electrons. The summed E-state index contributed by atoms with van der Waals surface area (Å²) in [7, 11) is 0. The molecule has 13 heavy (non-hydrogen) atoms. The number of rotatable bonds is 3. The van der Waals surface area contributed by atoms with E-state index in [1.807, 2.05) is 13.8 Å². The molecule has 0 unspecified atom stereocenters. The van der Waals surface area contributed by atoms with E-state index < -0.39 is 0 Å². The fraction of sp³-hybridized carbons (Fsp3) is 0.667. The average molecular weight is 180 g/mol. The molecule has 1 aromatic rings. The summed E-state index contributed by atoms with van der Waals surface area (Å²) in [6, 6.07) is 0. The van der Waals surface area contributed by atoms with Gasteiger partial charge in [-0.15, -0.1) is 5.10 Å². The summed E-state index contributed by atoms with van der Waals surface area (Å²) in [5.74, 6) is 1.21. The molecule has 1 N–H and O–H groups in total. The van der Waals surface area contributed by atoms with E-state index in [-0.39, 0.29) is 0 Å². The molecule has 1 rings (SSSR count). The topological polar surface area (TPSA) is 50.7 Å². The van der Waals surface area contributed by atoms with Crippen LogP contribution in [0.3, 0.4) is 0 Å². The van der Waals surface area contributed by atoms with E-state index in [0.717, 1.165) is 17.9 Å². The molecule has 0 aliphatic rings. The first-order chi connectivity index (χ1) is 6.09.